The first-order valence-electron chi connectivity index (χ1n) is 5.26. The smallest absolute Gasteiger partial charge is 0.0648 e. The van der Waals surface area contributed by atoms with Crippen LogP contribution in [-0.4, -0.2) is 23.8 Å². The van der Waals surface area contributed by atoms with Crippen LogP contribution in [0, 0.1) is 0 Å². The fraction of sp³-hybridized carbons (Fsp3) is 0.727. The lowest BCUT2D eigenvalue weighted by Gasteiger charge is -2.28. The van der Waals surface area contributed by atoms with E-state index in [1.54, 1.807) is 0 Å². The lowest BCUT2D eigenvalue weighted by atomic mass is 10.0. The van der Waals surface area contributed by atoms with Crippen molar-refractivity contribution in [1.82, 2.24) is 5.01 Å². The summed E-state index contributed by atoms with van der Waals surface area (Å²) in [5, 5.41) is 6.55. The molecule has 1 unspecified atom stereocenters. The van der Waals surface area contributed by atoms with Gasteiger partial charge in [0.2, 0.25) is 0 Å². The number of hydrazone groups is 1. The second kappa shape index (κ2) is 5.79. The van der Waals surface area contributed by atoms with E-state index in [9.17, 15) is 0 Å². The third-order valence-corrected chi connectivity index (χ3v) is 2.56. The first-order chi connectivity index (χ1) is 6.38. The first-order valence-corrected chi connectivity index (χ1v) is 5.26. The van der Waals surface area contributed by atoms with Crippen molar-refractivity contribution in [2.45, 2.75) is 45.1 Å². The molecule has 2 heteroatoms. The van der Waals surface area contributed by atoms with Gasteiger partial charge in [0.15, 0.2) is 0 Å². The average Bonchev–Trinajstić information content (AvgIpc) is 2.10. The van der Waals surface area contributed by atoms with Crippen molar-refractivity contribution in [2.24, 2.45) is 5.10 Å². The van der Waals surface area contributed by atoms with Crippen molar-refractivity contribution in [1.29, 1.82) is 0 Å². The highest BCUT2D eigenvalue weighted by Crippen LogP contribution is 2.17. The molecule has 1 atom stereocenters. The minimum absolute atomic E-state index is 0.455. The Hall–Kier alpha value is -0.790. The predicted octanol–water partition coefficient (Wildman–Crippen LogP) is 2.81. The molecule has 0 bridgehead atoms. The van der Waals surface area contributed by atoms with Crippen LogP contribution in [0.1, 0.15) is 39.0 Å². The molecule has 1 aliphatic rings. The summed E-state index contributed by atoms with van der Waals surface area (Å²) < 4.78 is 0. The lowest BCUT2D eigenvalue weighted by molar-refractivity contribution is 0.210. The van der Waals surface area contributed by atoms with Crippen molar-refractivity contribution in [2.75, 3.05) is 6.54 Å². The summed E-state index contributed by atoms with van der Waals surface area (Å²) >= 11 is 0. The molecule has 0 spiro atoms. The zero-order chi connectivity index (χ0) is 9.52. The van der Waals surface area contributed by atoms with Gasteiger partial charge < -0.3 is 0 Å². The topological polar surface area (TPSA) is 15.6 Å². The van der Waals surface area contributed by atoms with Crippen molar-refractivity contribution >= 4 is 6.21 Å². The fourth-order valence-corrected chi connectivity index (χ4v) is 1.83. The van der Waals surface area contributed by atoms with E-state index in [2.05, 4.69) is 16.7 Å². The summed E-state index contributed by atoms with van der Waals surface area (Å²) in [7, 11) is 0. The fourth-order valence-electron chi connectivity index (χ4n) is 1.83. The highest BCUT2D eigenvalue weighted by atomic mass is 15.5. The molecular weight excluding hydrogens is 160 g/mol. The normalized spacial score (nSPS) is 25.6. The van der Waals surface area contributed by atoms with Gasteiger partial charge in [-0.1, -0.05) is 25.3 Å². The van der Waals surface area contributed by atoms with Crippen LogP contribution in [-0.2, 0) is 0 Å². The van der Waals surface area contributed by atoms with E-state index in [0.717, 1.165) is 6.54 Å². The Morgan fingerprint density at radius 3 is 2.77 bits per heavy atom. The summed E-state index contributed by atoms with van der Waals surface area (Å²) in [6.07, 6.45) is 10.4. The Morgan fingerprint density at radius 1 is 1.31 bits per heavy atom. The van der Waals surface area contributed by atoms with Crippen molar-refractivity contribution < 1.29 is 0 Å². The minimum atomic E-state index is 0.455. The van der Waals surface area contributed by atoms with Crippen molar-refractivity contribution in [3.63, 3.8) is 0 Å². The van der Waals surface area contributed by atoms with Crippen LogP contribution in [0.5, 0.6) is 0 Å². The zero-order valence-electron chi connectivity index (χ0n) is 8.58. The molecule has 74 valence electrons. The van der Waals surface area contributed by atoms with E-state index in [1.807, 2.05) is 19.2 Å². The average molecular weight is 180 g/mol. The van der Waals surface area contributed by atoms with Gasteiger partial charge >= 0.3 is 0 Å². The van der Waals surface area contributed by atoms with Crippen molar-refractivity contribution in [3.8, 4) is 0 Å². The van der Waals surface area contributed by atoms with Gasteiger partial charge in [-0.2, -0.15) is 5.10 Å². The number of nitrogens with zero attached hydrogens (tertiary/aromatic N) is 2. The van der Waals surface area contributed by atoms with E-state index in [0.29, 0.717) is 6.04 Å². The molecule has 13 heavy (non-hydrogen) atoms. The molecule has 0 aliphatic carbocycles. The SMILES string of the molecule is C=CC1CCCCCCN1/N=C\C. The number of rotatable bonds is 2. The van der Waals surface area contributed by atoms with Crippen LogP contribution in [0.3, 0.4) is 0 Å². The molecule has 1 heterocycles. The first kappa shape index (κ1) is 10.3. The molecule has 0 aromatic carbocycles. The van der Waals surface area contributed by atoms with Gasteiger partial charge in [-0.15, -0.1) is 6.58 Å². The quantitative estimate of drug-likeness (QED) is 0.471. The Morgan fingerprint density at radius 2 is 2.08 bits per heavy atom. The number of hydrogen-bond donors (Lipinski definition) is 0. The zero-order valence-corrected chi connectivity index (χ0v) is 8.58. The molecule has 0 aromatic rings. The summed E-state index contributed by atoms with van der Waals surface area (Å²) in [6, 6.07) is 0.455. The molecular formula is C11H20N2. The van der Waals surface area contributed by atoms with Gasteiger partial charge in [0.1, 0.15) is 0 Å². The summed E-state index contributed by atoms with van der Waals surface area (Å²) in [5.41, 5.74) is 0. The largest absolute Gasteiger partial charge is 0.291 e. The second-order valence-electron chi connectivity index (χ2n) is 3.54. The summed E-state index contributed by atoms with van der Waals surface area (Å²) in [6.45, 7) is 6.93. The summed E-state index contributed by atoms with van der Waals surface area (Å²) in [4.78, 5) is 0. The lowest BCUT2D eigenvalue weighted by Crippen LogP contribution is -2.31. The molecule has 2 nitrogen and oxygen atoms in total. The molecule has 0 saturated carbocycles. The Labute approximate surface area is 81.3 Å². The van der Waals surface area contributed by atoms with Crippen LogP contribution in [0.4, 0.5) is 0 Å². The maximum absolute atomic E-state index is 4.37. The van der Waals surface area contributed by atoms with Gasteiger partial charge in [-0.25, -0.2) is 0 Å². The molecule has 1 fully saturated rings. The van der Waals surface area contributed by atoms with Crippen LogP contribution in [0.25, 0.3) is 0 Å². The third-order valence-electron chi connectivity index (χ3n) is 2.56. The Balaban J connectivity index is 2.54. The summed E-state index contributed by atoms with van der Waals surface area (Å²) in [5.74, 6) is 0. The highest BCUT2D eigenvalue weighted by molar-refractivity contribution is 5.52. The molecule has 0 radical (unpaired) electrons. The Kier molecular flexibility index (Phi) is 4.58. The second-order valence-corrected chi connectivity index (χ2v) is 3.54. The third kappa shape index (κ3) is 3.21. The maximum atomic E-state index is 4.37. The van der Waals surface area contributed by atoms with E-state index in [1.165, 1.54) is 32.1 Å². The molecule has 1 aliphatic heterocycles. The Bertz CT molecular complexity index is 175. The van der Waals surface area contributed by atoms with Crippen LogP contribution >= 0.6 is 0 Å². The standard InChI is InChI=1S/C11H20N2/c1-3-11-9-7-5-6-8-10-13(11)12-4-2/h3-4,11H,1,5-10H2,2H3/b12-4-. The van der Waals surface area contributed by atoms with Crippen LogP contribution in [0.15, 0.2) is 17.8 Å². The van der Waals surface area contributed by atoms with Crippen LogP contribution in [0.2, 0.25) is 0 Å². The van der Waals surface area contributed by atoms with Gasteiger partial charge in [0.05, 0.1) is 6.04 Å². The molecule has 0 amide bonds. The molecule has 0 aromatic heterocycles. The van der Waals surface area contributed by atoms with Gasteiger partial charge in [-0.3, -0.25) is 5.01 Å². The molecule has 1 rings (SSSR count). The minimum Gasteiger partial charge on any atom is -0.291 e. The van der Waals surface area contributed by atoms with Gasteiger partial charge in [0, 0.05) is 12.8 Å². The highest BCUT2D eigenvalue weighted by Gasteiger charge is 2.14. The number of hydrogen-bond acceptors (Lipinski definition) is 2. The van der Waals surface area contributed by atoms with E-state index in [-0.39, 0.29) is 0 Å². The van der Waals surface area contributed by atoms with E-state index < -0.39 is 0 Å². The van der Waals surface area contributed by atoms with Gasteiger partial charge in [-0.05, 0) is 19.8 Å². The van der Waals surface area contributed by atoms with Crippen LogP contribution < -0.4 is 0 Å². The van der Waals surface area contributed by atoms with E-state index >= 15 is 0 Å². The molecule has 1 saturated heterocycles. The maximum Gasteiger partial charge on any atom is 0.0648 e. The monoisotopic (exact) mass is 180 g/mol. The van der Waals surface area contributed by atoms with Gasteiger partial charge in [0.25, 0.3) is 0 Å². The van der Waals surface area contributed by atoms with E-state index in [4.69, 9.17) is 0 Å². The molecule has 0 N–H and O–H groups in total. The van der Waals surface area contributed by atoms with Crippen molar-refractivity contribution in [3.05, 3.63) is 12.7 Å². The predicted molar refractivity (Wildman–Crippen MR) is 57.9 cm³/mol.